The number of hydrogen-bond acceptors (Lipinski definition) is 2. The number of fused-ring (bicyclic) bond motifs is 1. The molecule has 0 amide bonds. The van der Waals surface area contributed by atoms with Crippen LogP contribution in [0.3, 0.4) is 0 Å². The molecule has 1 heterocycles. The van der Waals surface area contributed by atoms with Gasteiger partial charge in [-0.05, 0) is 18.2 Å². The largest absolute Gasteiger partial charge is 0.496 e. The Morgan fingerprint density at radius 3 is 2.83 bits per heavy atom. The Balaban J connectivity index is 2.47. The molecule has 0 fully saturated rings. The fourth-order valence-electron chi connectivity index (χ4n) is 2.16. The van der Waals surface area contributed by atoms with Gasteiger partial charge in [0.25, 0.3) is 0 Å². The van der Waals surface area contributed by atoms with Crippen molar-refractivity contribution in [3.63, 3.8) is 0 Å². The van der Waals surface area contributed by atoms with E-state index in [1.54, 1.807) is 14.0 Å². The van der Waals surface area contributed by atoms with Crippen LogP contribution in [0.2, 0.25) is 0 Å². The summed E-state index contributed by atoms with van der Waals surface area (Å²) in [6, 6.07) is 7.86. The van der Waals surface area contributed by atoms with Crippen LogP contribution in [0.15, 0.2) is 24.3 Å². The normalized spacial score (nSPS) is 12.6. The van der Waals surface area contributed by atoms with Crippen molar-refractivity contribution in [1.29, 1.82) is 0 Å². The highest BCUT2D eigenvalue weighted by Gasteiger charge is 2.16. The van der Waals surface area contributed by atoms with E-state index in [0.29, 0.717) is 6.42 Å². The summed E-state index contributed by atoms with van der Waals surface area (Å²) in [4.78, 5) is 10.9. The van der Waals surface area contributed by atoms with Gasteiger partial charge in [0.15, 0.2) is 0 Å². The number of methoxy groups -OCH3 is 1. The molecule has 96 valence electrons. The van der Waals surface area contributed by atoms with Crippen LogP contribution in [0.4, 0.5) is 0 Å². The van der Waals surface area contributed by atoms with Gasteiger partial charge < -0.3 is 14.4 Å². The fraction of sp³-hybridized carbons (Fsp3) is 0.357. The van der Waals surface area contributed by atoms with Crippen LogP contribution in [-0.4, -0.2) is 22.8 Å². The number of rotatable bonds is 4. The Morgan fingerprint density at radius 1 is 1.50 bits per heavy atom. The third kappa shape index (κ3) is 2.06. The molecule has 0 aliphatic heterocycles. The van der Waals surface area contributed by atoms with Crippen molar-refractivity contribution in [2.75, 3.05) is 7.11 Å². The summed E-state index contributed by atoms with van der Waals surface area (Å²) in [6.07, 6.45) is 0.518. The molecule has 4 heteroatoms. The minimum absolute atomic E-state index is 0.390. The molecule has 0 bridgehead atoms. The summed E-state index contributed by atoms with van der Waals surface area (Å²) >= 11 is 0. The smallest absolute Gasteiger partial charge is 0.306 e. The number of carboxylic acids is 1. The van der Waals surface area contributed by atoms with Gasteiger partial charge in [0.2, 0.25) is 0 Å². The monoisotopic (exact) mass is 247 g/mol. The van der Waals surface area contributed by atoms with Crippen LogP contribution in [0.25, 0.3) is 10.9 Å². The van der Waals surface area contributed by atoms with Crippen LogP contribution < -0.4 is 4.74 Å². The van der Waals surface area contributed by atoms with Gasteiger partial charge in [-0.2, -0.15) is 0 Å². The van der Waals surface area contributed by atoms with Crippen LogP contribution in [0.1, 0.15) is 12.6 Å². The predicted octanol–water partition coefficient (Wildman–Crippen LogP) is 2.45. The number of carbonyl (C=O) groups is 1. The van der Waals surface area contributed by atoms with Gasteiger partial charge in [0.05, 0.1) is 18.5 Å². The van der Waals surface area contributed by atoms with Crippen molar-refractivity contribution in [3.05, 3.63) is 30.0 Å². The lowest BCUT2D eigenvalue weighted by molar-refractivity contribution is -0.141. The molecule has 4 nitrogen and oxygen atoms in total. The van der Waals surface area contributed by atoms with Crippen molar-refractivity contribution in [1.82, 2.24) is 4.57 Å². The summed E-state index contributed by atoms with van der Waals surface area (Å²) in [7, 11) is 3.59. The Bertz CT molecular complexity index is 586. The Labute approximate surface area is 106 Å². The maximum Gasteiger partial charge on any atom is 0.306 e. The zero-order chi connectivity index (χ0) is 13.3. The molecular formula is C14H17NO3. The molecule has 1 atom stereocenters. The summed E-state index contributed by atoms with van der Waals surface area (Å²) in [5, 5.41) is 10.00. The first-order chi connectivity index (χ1) is 8.54. The Morgan fingerprint density at radius 2 is 2.22 bits per heavy atom. The van der Waals surface area contributed by atoms with E-state index in [9.17, 15) is 4.79 Å². The molecule has 0 aliphatic rings. The third-order valence-electron chi connectivity index (χ3n) is 3.30. The Hall–Kier alpha value is -1.97. The van der Waals surface area contributed by atoms with Gasteiger partial charge in [0, 0.05) is 24.5 Å². The number of ether oxygens (including phenoxy) is 1. The van der Waals surface area contributed by atoms with Crippen molar-refractivity contribution < 1.29 is 14.6 Å². The first kappa shape index (κ1) is 12.5. The zero-order valence-corrected chi connectivity index (χ0v) is 10.8. The number of aromatic nitrogens is 1. The first-order valence-electron chi connectivity index (χ1n) is 5.88. The van der Waals surface area contributed by atoms with Gasteiger partial charge >= 0.3 is 5.97 Å². The second-order valence-electron chi connectivity index (χ2n) is 4.53. The predicted molar refractivity (Wildman–Crippen MR) is 70.0 cm³/mol. The van der Waals surface area contributed by atoms with Gasteiger partial charge in [-0.1, -0.05) is 13.0 Å². The molecule has 1 N–H and O–H groups in total. The number of carboxylic acid groups (broad SMARTS) is 1. The highest BCUT2D eigenvalue weighted by molar-refractivity contribution is 5.87. The zero-order valence-electron chi connectivity index (χ0n) is 10.8. The van der Waals surface area contributed by atoms with Crippen LogP contribution in [0, 0.1) is 5.92 Å². The van der Waals surface area contributed by atoms with E-state index < -0.39 is 5.97 Å². The molecule has 18 heavy (non-hydrogen) atoms. The topological polar surface area (TPSA) is 51.5 Å². The number of benzene rings is 1. The first-order valence-corrected chi connectivity index (χ1v) is 5.88. The molecule has 1 aromatic carbocycles. The average molecular weight is 247 g/mol. The van der Waals surface area contributed by atoms with Crippen molar-refractivity contribution in [3.8, 4) is 5.75 Å². The van der Waals surface area contributed by atoms with Gasteiger partial charge in [-0.25, -0.2) is 0 Å². The summed E-state index contributed by atoms with van der Waals surface area (Å²) in [5.74, 6) is -0.344. The second-order valence-corrected chi connectivity index (χ2v) is 4.53. The van der Waals surface area contributed by atoms with Gasteiger partial charge in [0.1, 0.15) is 5.75 Å². The SMILES string of the molecule is COc1cccc2c1cc(CC(C)C(=O)O)n2C. The maximum atomic E-state index is 10.9. The highest BCUT2D eigenvalue weighted by atomic mass is 16.5. The molecule has 0 spiro atoms. The molecule has 1 aromatic heterocycles. The van der Waals surface area contributed by atoms with Gasteiger partial charge in [-0.15, -0.1) is 0 Å². The molecule has 2 aromatic rings. The van der Waals surface area contributed by atoms with Gasteiger partial charge in [-0.3, -0.25) is 4.79 Å². The minimum Gasteiger partial charge on any atom is -0.496 e. The molecule has 1 unspecified atom stereocenters. The van der Waals surface area contributed by atoms with E-state index >= 15 is 0 Å². The number of aryl methyl sites for hydroxylation is 1. The molecule has 0 saturated heterocycles. The summed E-state index contributed by atoms with van der Waals surface area (Å²) < 4.78 is 7.34. The standard InChI is InChI=1S/C14H17NO3/c1-9(14(16)17)7-10-8-11-12(15(10)2)5-4-6-13(11)18-3/h4-6,8-9H,7H2,1-3H3,(H,16,17). The minimum atomic E-state index is -0.771. The van der Waals surface area contributed by atoms with E-state index in [-0.39, 0.29) is 5.92 Å². The summed E-state index contributed by atoms with van der Waals surface area (Å²) in [5.41, 5.74) is 2.06. The molecule has 0 radical (unpaired) electrons. The Kier molecular flexibility index (Phi) is 3.28. The second kappa shape index (κ2) is 4.72. The lowest BCUT2D eigenvalue weighted by Crippen LogP contribution is -2.13. The lowest BCUT2D eigenvalue weighted by Gasteiger charge is -2.07. The van der Waals surface area contributed by atoms with Crippen LogP contribution in [-0.2, 0) is 18.3 Å². The number of hydrogen-bond donors (Lipinski definition) is 1. The van der Waals surface area contributed by atoms with Crippen LogP contribution in [0.5, 0.6) is 5.75 Å². The lowest BCUT2D eigenvalue weighted by atomic mass is 10.1. The van der Waals surface area contributed by atoms with E-state index in [0.717, 1.165) is 22.3 Å². The fourth-order valence-corrected chi connectivity index (χ4v) is 2.16. The third-order valence-corrected chi connectivity index (χ3v) is 3.30. The van der Waals surface area contributed by atoms with E-state index in [1.807, 2.05) is 35.9 Å². The van der Waals surface area contributed by atoms with Crippen molar-refractivity contribution in [2.45, 2.75) is 13.3 Å². The average Bonchev–Trinajstić information content (AvgIpc) is 2.66. The van der Waals surface area contributed by atoms with Crippen molar-refractivity contribution >= 4 is 16.9 Å². The molecule has 2 rings (SSSR count). The van der Waals surface area contributed by atoms with Crippen molar-refractivity contribution in [2.24, 2.45) is 13.0 Å². The van der Waals surface area contributed by atoms with E-state index in [1.165, 1.54) is 0 Å². The summed E-state index contributed by atoms with van der Waals surface area (Å²) in [6.45, 7) is 1.72. The molecular weight excluding hydrogens is 230 g/mol. The highest BCUT2D eigenvalue weighted by Crippen LogP contribution is 2.28. The quantitative estimate of drug-likeness (QED) is 0.902. The molecule has 0 saturated carbocycles. The molecule has 0 aliphatic carbocycles. The number of nitrogens with zero attached hydrogens (tertiary/aromatic N) is 1. The van der Waals surface area contributed by atoms with E-state index in [4.69, 9.17) is 9.84 Å². The maximum absolute atomic E-state index is 10.9. The van der Waals surface area contributed by atoms with Crippen LogP contribution >= 0.6 is 0 Å². The number of aliphatic carboxylic acids is 1. The van der Waals surface area contributed by atoms with E-state index in [2.05, 4.69) is 0 Å².